The Labute approximate surface area is 140 Å². The molecule has 5 heteroatoms. The normalized spacial score (nSPS) is 15.7. The SMILES string of the molecule is O=C(c1cccc(F)c1)N1CCN(Cc2ccc(Cl)cc2)CC1. The molecule has 0 aliphatic carbocycles. The molecule has 0 radical (unpaired) electrons. The molecule has 3 nitrogen and oxygen atoms in total. The van der Waals surface area contributed by atoms with E-state index in [-0.39, 0.29) is 11.7 Å². The maximum atomic E-state index is 13.2. The largest absolute Gasteiger partial charge is 0.336 e. The Morgan fingerprint density at radius 1 is 1.04 bits per heavy atom. The number of nitrogens with zero attached hydrogens (tertiary/aromatic N) is 2. The molecule has 120 valence electrons. The van der Waals surface area contributed by atoms with Gasteiger partial charge in [0.2, 0.25) is 0 Å². The molecule has 3 rings (SSSR count). The molecule has 0 aromatic heterocycles. The Morgan fingerprint density at radius 3 is 2.39 bits per heavy atom. The second-order valence-electron chi connectivity index (χ2n) is 5.71. The van der Waals surface area contributed by atoms with Crippen LogP contribution in [0.1, 0.15) is 15.9 Å². The van der Waals surface area contributed by atoms with Gasteiger partial charge in [-0.15, -0.1) is 0 Å². The van der Waals surface area contributed by atoms with Crippen LogP contribution in [0.15, 0.2) is 48.5 Å². The van der Waals surface area contributed by atoms with Gasteiger partial charge in [-0.3, -0.25) is 9.69 Å². The molecule has 0 unspecified atom stereocenters. The molecular formula is C18H18ClFN2O. The molecule has 0 bridgehead atoms. The number of piperazine rings is 1. The summed E-state index contributed by atoms with van der Waals surface area (Å²) in [5.74, 6) is -0.479. The van der Waals surface area contributed by atoms with E-state index in [4.69, 9.17) is 11.6 Å². The minimum absolute atomic E-state index is 0.101. The monoisotopic (exact) mass is 332 g/mol. The van der Waals surface area contributed by atoms with E-state index in [2.05, 4.69) is 4.90 Å². The van der Waals surface area contributed by atoms with Crippen molar-refractivity contribution in [2.75, 3.05) is 26.2 Å². The zero-order valence-corrected chi connectivity index (χ0v) is 13.5. The summed E-state index contributed by atoms with van der Waals surface area (Å²) >= 11 is 5.89. The Morgan fingerprint density at radius 2 is 1.74 bits per heavy atom. The minimum atomic E-state index is -0.378. The van der Waals surface area contributed by atoms with E-state index in [9.17, 15) is 9.18 Å². The van der Waals surface area contributed by atoms with Crippen molar-refractivity contribution in [3.8, 4) is 0 Å². The lowest BCUT2D eigenvalue weighted by molar-refractivity contribution is 0.0628. The van der Waals surface area contributed by atoms with Crippen LogP contribution in [0.4, 0.5) is 4.39 Å². The summed E-state index contributed by atoms with van der Waals surface area (Å²) in [6, 6.07) is 13.7. The number of amides is 1. The second kappa shape index (κ2) is 7.11. The minimum Gasteiger partial charge on any atom is -0.336 e. The second-order valence-corrected chi connectivity index (χ2v) is 6.14. The molecule has 0 spiro atoms. The summed E-state index contributed by atoms with van der Waals surface area (Å²) in [5, 5.41) is 0.735. The fourth-order valence-corrected chi connectivity index (χ4v) is 2.89. The van der Waals surface area contributed by atoms with Crippen LogP contribution in [0.25, 0.3) is 0 Å². The molecule has 23 heavy (non-hydrogen) atoms. The van der Waals surface area contributed by atoms with Crippen molar-refractivity contribution in [2.45, 2.75) is 6.54 Å². The summed E-state index contributed by atoms with van der Waals surface area (Å²) in [6.45, 7) is 3.78. The first-order chi connectivity index (χ1) is 11.1. The fourth-order valence-electron chi connectivity index (χ4n) is 2.76. The highest BCUT2D eigenvalue weighted by Gasteiger charge is 2.22. The molecule has 2 aromatic carbocycles. The van der Waals surface area contributed by atoms with Crippen LogP contribution in [0.3, 0.4) is 0 Å². The highest BCUT2D eigenvalue weighted by atomic mass is 35.5. The molecule has 2 aromatic rings. The molecule has 0 N–H and O–H groups in total. The van der Waals surface area contributed by atoms with Crippen molar-refractivity contribution in [3.63, 3.8) is 0 Å². The fraction of sp³-hybridized carbons (Fsp3) is 0.278. The Kier molecular flexibility index (Phi) is 4.94. The molecule has 0 atom stereocenters. The average molecular weight is 333 g/mol. The third-order valence-corrected chi connectivity index (χ3v) is 4.30. The smallest absolute Gasteiger partial charge is 0.254 e. The third-order valence-electron chi connectivity index (χ3n) is 4.05. The molecule has 1 aliphatic rings. The molecule has 1 fully saturated rings. The van der Waals surface area contributed by atoms with E-state index in [1.807, 2.05) is 24.3 Å². The maximum Gasteiger partial charge on any atom is 0.254 e. The Balaban J connectivity index is 1.55. The van der Waals surface area contributed by atoms with Gasteiger partial charge in [0, 0.05) is 43.3 Å². The van der Waals surface area contributed by atoms with Crippen LogP contribution < -0.4 is 0 Å². The van der Waals surface area contributed by atoms with Gasteiger partial charge >= 0.3 is 0 Å². The molecule has 1 saturated heterocycles. The van der Waals surface area contributed by atoms with Gasteiger partial charge in [0.1, 0.15) is 5.82 Å². The predicted molar refractivity (Wildman–Crippen MR) is 89.0 cm³/mol. The number of benzene rings is 2. The van der Waals surface area contributed by atoms with Crippen molar-refractivity contribution in [3.05, 3.63) is 70.5 Å². The molecule has 1 aliphatic heterocycles. The van der Waals surface area contributed by atoms with Crippen molar-refractivity contribution in [1.82, 2.24) is 9.80 Å². The zero-order chi connectivity index (χ0) is 16.2. The first-order valence-corrected chi connectivity index (χ1v) is 8.01. The van der Waals surface area contributed by atoms with Crippen molar-refractivity contribution in [1.29, 1.82) is 0 Å². The van der Waals surface area contributed by atoms with Gasteiger partial charge in [0.05, 0.1) is 0 Å². The summed E-state index contributed by atoms with van der Waals surface area (Å²) in [4.78, 5) is 16.5. The highest BCUT2D eigenvalue weighted by Crippen LogP contribution is 2.14. The van der Waals surface area contributed by atoms with Crippen LogP contribution in [0.5, 0.6) is 0 Å². The van der Waals surface area contributed by atoms with E-state index < -0.39 is 0 Å². The summed E-state index contributed by atoms with van der Waals surface area (Å²) in [6.07, 6.45) is 0. The lowest BCUT2D eigenvalue weighted by Crippen LogP contribution is -2.48. The number of carbonyl (C=O) groups is 1. The quantitative estimate of drug-likeness (QED) is 0.859. The first kappa shape index (κ1) is 16.0. The number of rotatable bonds is 3. The van der Waals surface area contributed by atoms with Gasteiger partial charge in [-0.2, -0.15) is 0 Å². The lowest BCUT2D eigenvalue weighted by Gasteiger charge is -2.34. The highest BCUT2D eigenvalue weighted by molar-refractivity contribution is 6.30. The van der Waals surface area contributed by atoms with Crippen LogP contribution in [-0.2, 0) is 6.54 Å². The molecule has 1 amide bonds. The van der Waals surface area contributed by atoms with E-state index in [1.54, 1.807) is 17.0 Å². The van der Waals surface area contributed by atoms with Gasteiger partial charge in [-0.25, -0.2) is 4.39 Å². The van der Waals surface area contributed by atoms with Gasteiger partial charge in [-0.05, 0) is 35.9 Å². The van der Waals surface area contributed by atoms with Gasteiger partial charge in [-0.1, -0.05) is 29.8 Å². The maximum absolute atomic E-state index is 13.2. The van der Waals surface area contributed by atoms with Crippen molar-refractivity contribution < 1.29 is 9.18 Å². The van der Waals surface area contributed by atoms with Crippen LogP contribution in [-0.4, -0.2) is 41.9 Å². The topological polar surface area (TPSA) is 23.6 Å². The molecule has 1 heterocycles. The zero-order valence-electron chi connectivity index (χ0n) is 12.7. The van der Waals surface area contributed by atoms with Gasteiger partial charge in [0.15, 0.2) is 0 Å². The van der Waals surface area contributed by atoms with Gasteiger partial charge in [0.25, 0.3) is 5.91 Å². The van der Waals surface area contributed by atoms with Gasteiger partial charge < -0.3 is 4.90 Å². The Bertz CT molecular complexity index is 682. The van der Waals surface area contributed by atoms with E-state index in [1.165, 1.54) is 17.7 Å². The van der Waals surface area contributed by atoms with Crippen LogP contribution in [0.2, 0.25) is 5.02 Å². The number of carbonyl (C=O) groups excluding carboxylic acids is 1. The lowest BCUT2D eigenvalue weighted by atomic mass is 10.1. The van der Waals surface area contributed by atoms with E-state index >= 15 is 0 Å². The number of hydrogen-bond donors (Lipinski definition) is 0. The van der Waals surface area contributed by atoms with Crippen LogP contribution in [0, 0.1) is 5.82 Å². The summed E-state index contributed by atoms with van der Waals surface area (Å²) in [5.41, 5.74) is 1.62. The Hall–Kier alpha value is -1.91. The molecule has 0 saturated carbocycles. The standard InChI is InChI=1S/C18H18ClFN2O/c19-16-6-4-14(5-7-16)13-21-8-10-22(11-9-21)18(23)15-2-1-3-17(20)12-15/h1-7,12H,8-11,13H2. The van der Waals surface area contributed by atoms with Crippen LogP contribution >= 0.6 is 11.6 Å². The first-order valence-electron chi connectivity index (χ1n) is 7.63. The number of halogens is 2. The van der Waals surface area contributed by atoms with Crippen molar-refractivity contribution >= 4 is 17.5 Å². The summed E-state index contributed by atoms with van der Waals surface area (Å²) < 4.78 is 13.2. The van der Waals surface area contributed by atoms with Crippen molar-refractivity contribution in [2.24, 2.45) is 0 Å². The number of hydrogen-bond acceptors (Lipinski definition) is 2. The predicted octanol–water partition coefficient (Wildman–Crippen LogP) is 3.44. The summed E-state index contributed by atoms with van der Waals surface area (Å²) in [7, 11) is 0. The van der Waals surface area contributed by atoms with E-state index in [0.29, 0.717) is 18.7 Å². The third kappa shape index (κ3) is 4.09. The average Bonchev–Trinajstić information content (AvgIpc) is 2.57. The van der Waals surface area contributed by atoms with E-state index in [0.717, 1.165) is 24.7 Å². The molecular weight excluding hydrogens is 315 g/mol.